The second-order valence-corrected chi connectivity index (χ2v) is 10.4. The molecule has 0 aliphatic carbocycles. The van der Waals surface area contributed by atoms with Gasteiger partial charge in [0, 0.05) is 15.2 Å². The molecule has 0 fully saturated rings. The summed E-state index contributed by atoms with van der Waals surface area (Å²) in [4.78, 5) is 39.9. The molecular weight excluding hydrogens is 474 g/mol. The molecule has 5 rings (SSSR count). The number of carbonyl (C=O) groups excluding carboxylic acids is 2. The van der Waals surface area contributed by atoms with Gasteiger partial charge in [-0.2, -0.15) is 0 Å². The Balaban J connectivity index is 1.49. The van der Waals surface area contributed by atoms with Crippen LogP contribution >= 0.6 is 34.9 Å². The van der Waals surface area contributed by atoms with E-state index in [1.165, 1.54) is 30.2 Å². The second kappa shape index (κ2) is 8.81. The van der Waals surface area contributed by atoms with Crippen LogP contribution in [0.5, 0.6) is 0 Å². The van der Waals surface area contributed by atoms with E-state index in [1.807, 2.05) is 62.4 Å². The molecule has 4 aromatic rings. The molecule has 33 heavy (non-hydrogen) atoms. The summed E-state index contributed by atoms with van der Waals surface area (Å²) in [5.41, 5.74) is 2.55. The molecule has 0 unspecified atom stereocenters. The zero-order chi connectivity index (χ0) is 23.1. The molecule has 0 radical (unpaired) electrons. The predicted molar refractivity (Wildman–Crippen MR) is 133 cm³/mol. The number of thioether (sulfide) groups is 1. The van der Waals surface area contributed by atoms with Gasteiger partial charge in [-0.25, -0.2) is 14.8 Å². The lowest BCUT2D eigenvalue weighted by Crippen LogP contribution is -2.30. The van der Waals surface area contributed by atoms with Gasteiger partial charge < -0.3 is 4.74 Å². The lowest BCUT2D eigenvalue weighted by Gasteiger charge is -2.31. The standard InChI is InChI=1S/C24H19N3O3S3/c1-13-20-22(25-14(2)26-23(20)33-21(13)24(29)30-3)31-12-19(28)27-15-8-4-6-10-17(15)32-18-11-7-5-9-16(18)27/h4-11H,12H2,1-3H3. The fraction of sp³-hybridized carbons (Fsp3) is 0.167. The highest BCUT2D eigenvalue weighted by Crippen LogP contribution is 2.48. The Morgan fingerprint density at radius 1 is 1.00 bits per heavy atom. The lowest BCUT2D eigenvalue weighted by atomic mass is 10.2. The first-order chi connectivity index (χ1) is 16.0. The quantitative estimate of drug-likeness (QED) is 0.196. The fourth-order valence-corrected chi connectivity index (χ4v) is 7.01. The summed E-state index contributed by atoms with van der Waals surface area (Å²) in [5, 5.41) is 1.50. The summed E-state index contributed by atoms with van der Waals surface area (Å²) in [7, 11) is 1.37. The summed E-state index contributed by atoms with van der Waals surface area (Å²) >= 11 is 4.33. The number of nitrogens with zero attached hydrogens (tertiary/aromatic N) is 3. The number of thiophene rings is 1. The number of aryl methyl sites for hydroxylation is 2. The Hall–Kier alpha value is -2.88. The van der Waals surface area contributed by atoms with E-state index in [9.17, 15) is 9.59 Å². The monoisotopic (exact) mass is 493 g/mol. The van der Waals surface area contributed by atoms with Crippen molar-refractivity contribution in [3.63, 3.8) is 0 Å². The fourth-order valence-electron chi connectivity index (χ4n) is 3.76. The number of anilines is 2. The van der Waals surface area contributed by atoms with Crippen molar-refractivity contribution in [2.75, 3.05) is 17.8 Å². The number of carbonyl (C=O) groups is 2. The maximum absolute atomic E-state index is 13.5. The molecule has 9 heteroatoms. The van der Waals surface area contributed by atoms with Crippen LogP contribution in [0.1, 0.15) is 21.1 Å². The van der Waals surface area contributed by atoms with Crippen molar-refractivity contribution in [1.29, 1.82) is 0 Å². The predicted octanol–water partition coefficient (Wildman–Crippen LogP) is 6.02. The summed E-state index contributed by atoms with van der Waals surface area (Å²) in [6, 6.07) is 15.9. The maximum Gasteiger partial charge on any atom is 0.348 e. The molecule has 0 atom stereocenters. The molecule has 0 N–H and O–H groups in total. The molecule has 0 saturated carbocycles. The van der Waals surface area contributed by atoms with Gasteiger partial charge in [0.2, 0.25) is 5.91 Å². The van der Waals surface area contributed by atoms with Crippen LogP contribution in [-0.4, -0.2) is 34.7 Å². The molecule has 2 aromatic carbocycles. The number of para-hydroxylation sites is 2. The highest BCUT2D eigenvalue weighted by atomic mass is 32.2. The van der Waals surface area contributed by atoms with Crippen LogP contribution in [0.3, 0.4) is 0 Å². The topological polar surface area (TPSA) is 72.4 Å². The van der Waals surface area contributed by atoms with Crippen molar-refractivity contribution in [2.24, 2.45) is 0 Å². The summed E-state index contributed by atoms with van der Waals surface area (Å²) in [6.07, 6.45) is 0. The molecule has 1 aliphatic heterocycles. The first-order valence-electron chi connectivity index (χ1n) is 10.2. The molecule has 6 nitrogen and oxygen atoms in total. The van der Waals surface area contributed by atoms with Gasteiger partial charge in [0.1, 0.15) is 20.6 Å². The van der Waals surface area contributed by atoms with E-state index in [0.717, 1.165) is 36.9 Å². The SMILES string of the molecule is COC(=O)c1sc2nc(C)nc(SCC(=O)N3c4ccccc4Sc4ccccc43)c2c1C. The van der Waals surface area contributed by atoms with Crippen molar-refractivity contribution in [3.05, 3.63) is 64.8 Å². The van der Waals surface area contributed by atoms with Crippen LogP contribution in [-0.2, 0) is 9.53 Å². The second-order valence-electron chi connectivity index (χ2n) is 7.36. The van der Waals surface area contributed by atoms with Gasteiger partial charge in [-0.15, -0.1) is 11.3 Å². The van der Waals surface area contributed by atoms with Crippen molar-refractivity contribution in [2.45, 2.75) is 28.7 Å². The van der Waals surface area contributed by atoms with Gasteiger partial charge in [0.25, 0.3) is 0 Å². The first kappa shape index (κ1) is 21.9. The molecule has 0 saturated heterocycles. The number of benzene rings is 2. The van der Waals surface area contributed by atoms with Crippen LogP contribution in [0.15, 0.2) is 63.3 Å². The molecule has 2 aromatic heterocycles. The Morgan fingerprint density at radius 2 is 1.64 bits per heavy atom. The van der Waals surface area contributed by atoms with Crippen LogP contribution < -0.4 is 4.90 Å². The smallest absolute Gasteiger partial charge is 0.348 e. The minimum Gasteiger partial charge on any atom is -0.465 e. The Kier molecular flexibility index (Phi) is 5.86. The molecule has 3 heterocycles. The molecule has 0 bridgehead atoms. The Bertz CT molecular complexity index is 1370. The summed E-state index contributed by atoms with van der Waals surface area (Å²) in [5.74, 6) is 0.368. The number of rotatable bonds is 4. The number of ether oxygens (including phenoxy) is 1. The van der Waals surface area contributed by atoms with E-state index in [0.29, 0.717) is 15.7 Å². The molecule has 1 amide bonds. The summed E-state index contributed by atoms with van der Waals surface area (Å²) < 4.78 is 4.91. The van der Waals surface area contributed by atoms with Crippen LogP contribution in [0.4, 0.5) is 11.4 Å². The molecule has 0 spiro atoms. The molecule has 1 aliphatic rings. The average molecular weight is 494 g/mol. The maximum atomic E-state index is 13.5. The number of methoxy groups -OCH3 is 1. The minimum absolute atomic E-state index is 0.0364. The van der Waals surface area contributed by atoms with Crippen molar-refractivity contribution < 1.29 is 14.3 Å². The van der Waals surface area contributed by atoms with Crippen molar-refractivity contribution in [3.8, 4) is 0 Å². The van der Waals surface area contributed by atoms with E-state index < -0.39 is 0 Å². The Morgan fingerprint density at radius 3 is 2.27 bits per heavy atom. The number of fused-ring (bicyclic) bond motifs is 3. The third-order valence-electron chi connectivity index (χ3n) is 5.25. The zero-order valence-electron chi connectivity index (χ0n) is 18.1. The van der Waals surface area contributed by atoms with Gasteiger partial charge in [0.05, 0.1) is 24.2 Å². The van der Waals surface area contributed by atoms with E-state index in [2.05, 4.69) is 9.97 Å². The number of esters is 1. The highest BCUT2D eigenvalue weighted by molar-refractivity contribution is 8.00. The molecular formula is C24H19N3O3S3. The average Bonchev–Trinajstić information content (AvgIpc) is 3.16. The number of hydrogen-bond acceptors (Lipinski definition) is 8. The summed E-state index contributed by atoms with van der Waals surface area (Å²) in [6.45, 7) is 3.68. The third-order valence-corrected chi connectivity index (χ3v) is 8.51. The van der Waals surface area contributed by atoms with Crippen molar-refractivity contribution >= 4 is 68.3 Å². The minimum atomic E-state index is -0.390. The van der Waals surface area contributed by atoms with Crippen molar-refractivity contribution in [1.82, 2.24) is 9.97 Å². The van der Waals surface area contributed by atoms with E-state index in [-0.39, 0.29) is 17.6 Å². The number of amides is 1. The van der Waals surface area contributed by atoms with Crippen LogP contribution in [0.2, 0.25) is 0 Å². The first-order valence-corrected chi connectivity index (χ1v) is 12.8. The largest absolute Gasteiger partial charge is 0.465 e. The van der Waals surface area contributed by atoms with Gasteiger partial charge >= 0.3 is 5.97 Å². The molecule has 166 valence electrons. The van der Waals surface area contributed by atoms with E-state index >= 15 is 0 Å². The van der Waals surface area contributed by atoms with Gasteiger partial charge in [-0.05, 0) is 43.7 Å². The zero-order valence-corrected chi connectivity index (χ0v) is 20.6. The van der Waals surface area contributed by atoms with Gasteiger partial charge in [-0.1, -0.05) is 47.8 Å². The number of hydrogen-bond donors (Lipinski definition) is 0. The third kappa shape index (κ3) is 3.90. The Labute approximate surface area is 203 Å². The van der Waals surface area contributed by atoms with Gasteiger partial charge in [0.15, 0.2) is 0 Å². The van der Waals surface area contributed by atoms with E-state index in [1.54, 1.807) is 16.7 Å². The van der Waals surface area contributed by atoms with Crippen LogP contribution in [0.25, 0.3) is 10.2 Å². The normalized spacial score (nSPS) is 12.4. The van der Waals surface area contributed by atoms with Crippen LogP contribution in [0, 0.1) is 13.8 Å². The van der Waals surface area contributed by atoms with E-state index in [4.69, 9.17) is 4.74 Å². The highest BCUT2D eigenvalue weighted by Gasteiger charge is 2.28. The lowest BCUT2D eigenvalue weighted by molar-refractivity contribution is -0.115. The van der Waals surface area contributed by atoms with Gasteiger partial charge in [-0.3, -0.25) is 9.69 Å². The number of aromatic nitrogens is 2.